The normalized spacial score (nSPS) is 22.1. The first-order valence-corrected chi connectivity index (χ1v) is 16.0. The first kappa shape index (κ1) is 29.8. The topological polar surface area (TPSA) is 133 Å². The molecule has 4 aliphatic heterocycles. The van der Waals surface area contributed by atoms with Crippen molar-refractivity contribution in [1.82, 2.24) is 19.7 Å². The van der Waals surface area contributed by atoms with Gasteiger partial charge in [0.1, 0.15) is 12.4 Å². The van der Waals surface area contributed by atoms with Gasteiger partial charge in [-0.3, -0.25) is 9.63 Å². The van der Waals surface area contributed by atoms with Crippen molar-refractivity contribution >= 4 is 23.0 Å². The Morgan fingerprint density at radius 3 is 2.56 bits per heavy atom. The van der Waals surface area contributed by atoms with Crippen molar-refractivity contribution < 1.29 is 33.8 Å². The number of fused-ring (bicyclic) bond motifs is 5. The fourth-order valence-corrected chi connectivity index (χ4v) is 7.04. The van der Waals surface area contributed by atoms with Crippen LogP contribution >= 0.6 is 0 Å². The number of piperidine rings is 2. The first-order valence-electron chi connectivity index (χ1n) is 16.0. The smallest absolute Gasteiger partial charge is 0.458 e. The molecule has 3 aromatic rings. The second-order valence-corrected chi connectivity index (χ2v) is 12.2. The van der Waals surface area contributed by atoms with Crippen LogP contribution in [0, 0.1) is 0 Å². The van der Waals surface area contributed by atoms with Gasteiger partial charge in [0.2, 0.25) is 0 Å². The SMILES string of the molecule is CCc1c2c(nc3ccc(OC(=O)ON4CCC(ON5CCCCC5)CC4)cc13)-c1cc3c(c(=O)n1C2)COC(=O)C3(O)CC. The molecule has 0 radical (unpaired) electrons. The molecule has 0 bridgehead atoms. The number of rotatable bonds is 6. The van der Waals surface area contributed by atoms with E-state index in [0.29, 0.717) is 48.7 Å². The number of hydrogen-bond acceptors (Lipinski definition) is 11. The van der Waals surface area contributed by atoms with Crippen LogP contribution in [0.5, 0.6) is 5.75 Å². The Hall–Kier alpha value is -3.84. The Labute approximate surface area is 260 Å². The van der Waals surface area contributed by atoms with E-state index in [1.165, 1.54) is 19.3 Å². The molecule has 1 atom stereocenters. The summed E-state index contributed by atoms with van der Waals surface area (Å²) in [5.74, 6) is -0.419. The number of benzene rings is 1. The molecule has 12 nitrogen and oxygen atoms in total. The zero-order valence-corrected chi connectivity index (χ0v) is 25.7. The molecular weight excluding hydrogens is 580 g/mol. The van der Waals surface area contributed by atoms with Crippen molar-refractivity contribution in [3.63, 3.8) is 0 Å². The maximum atomic E-state index is 13.6. The number of esters is 1. The molecule has 12 heteroatoms. The number of pyridine rings is 2. The van der Waals surface area contributed by atoms with Gasteiger partial charge in [0, 0.05) is 42.7 Å². The molecule has 1 unspecified atom stereocenters. The van der Waals surface area contributed by atoms with Gasteiger partial charge in [-0.2, -0.15) is 5.06 Å². The Bertz CT molecular complexity index is 1720. The molecule has 7 rings (SSSR count). The summed E-state index contributed by atoms with van der Waals surface area (Å²) in [6.45, 7) is 6.91. The number of carbonyl (C=O) groups excluding carboxylic acids is 2. The van der Waals surface area contributed by atoms with Gasteiger partial charge >= 0.3 is 12.1 Å². The molecule has 6 heterocycles. The van der Waals surface area contributed by atoms with Crippen LogP contribution in [-0.2, 0) is 44.4 Å². The van der Waals surface area contributed by atoms with Crippen molar-refractivity contribution in [3.05, 3.63) is 56.9 Å². The molecular formula is C33H38N4O8. The van der Waals surface area contributed by atoms with Crippen LogP contribution in [0.3, 0.4) is 0 Å². The minimum absolute atomic E-state index is 0.0799. The van der Waals surface area contributed by atoms with Crippen molar-refractivity contribution in [2.45, 2.75) is 83.6 Å². The molecule has 0 amide bonds. The number of hydrogen-bond donors (Lipinski definition) is 1. The second-order valence-electron chi connectivity index (χ2n) is 12.2. The van der Waals surface area contributed by atoms with Crippen LogP contribution < -0.4 is 10.3 Å². The lowest BCUT2D eigenvalue weighted by molar-refractivity contribution is -0.230. The quantitative estimate of drug-likeness (QED) is 0.249. The largest absolute Gasteiger partial charge is 0.533 e. The summed E-state index contributed by atoms with van der Waals surface area (Å²) in [6.07, 6.45) is 5.18. The molecule has 0 saturated carbocycles. The number of hydroxylamine groups is 4. The fraction of sp³-hybridized carbons (Fsp3) is 0.515. The Balaban J connectivity index is 1.09. The van der Waals surface area contributed by atoms with E-state index in [1.54, 1.807) is 40.8 Å². The van der Waals surface area contributed by atoms with Crippen molar-refractivity contribution in [2.75, 3.05) is 26.2 Å². The molecule has 1 N–H and O–H groups in total. The number of ether oxygens (including phenoxy) is 2. The highest BCUT2D eigenvalue weighted by Gasteiger charge is 2.45. The molecule has 238 valence electrons. The second kappa shape index (κ2) is 11.8. The summed E-state index contributed by atoms with van der Waals surface area (Å²) in [4.78, 5) is 55.3. The van der Waals surface area contributed by atoms with Gasteiger partial charge in [-0.15, -0.1) is 5.06 Å². The van der Waals surface area contributed by atoms with Gasteiger partial charge < -0.3 is 24.0 Å². The van der Waals surface area contributed by atoms with Crippen LogP contribution in [0.15, 0.2) is 29.1 Å². The molecule has 4 aliphatic rings. The molecule has 0 aliphatic carbocycles. The highest BCUT2D eigenvalue weighted by atomic mass is 16.8. The van der Waals surface area contributed by atoms with Gasteiger partial charge in [-0.1, -0.05) is 20.3 Å². The van der Waals surface area contributed by atoms with Crippen molar-refractivity contribution in [2.24, 2.45) is 0 Å². The summed E-state index contributed by atoms with van der Waals surface area (Å²) in [5.41, 5.74) is 2.10. The summed E-state index contributed by atoms with van der Waals surface area (Å²) >= 11 is 0. The standard InChI is InChI=1S/C33H38N4O8/c1-3-22-23-16-21(43-32(40)45-36-14-10-20(11-15-36)44-35-12-6-5-7-13-35)8-9-27(23)34-29-24(22)18-37-28(29)17-26-25(30(37)38)19-42-31(39)33(26,41)4-2/h8-9,16-17,20,41H,3-7,10-15,18-19H2,1-2H3. The molecule has 45 heavy (non-hydrogen) atoms. The average Bonchev–Trinajstić information content (AvgIpc) is 3.42. The van der Waals surface area contributed by atoms with E-state index in [0.717, 1.165) is 42.4 Å². The predicted molar refractivity (Wildman–Crippen MR) is 162 cm³/mol. The molecule has 2 saturated heterocycles. The average molecular weight is 619 g/mol. The monoisotopic (exact) mass is 618 g/mol. The fourth-order valence-electron chi connectivity index (χ4n) is 7.04. The number of cyclic esters (lactones) is 1. The van der Waals surface area contributed by atoms with E-state index in [4.69, 9.17) is 24.1 Å². The highest BCUT2D eigenvalue weighted by Crippen LogP contribution is 2.40. The van der Waals surface area contributed by atoms with Gasteiger partial charge in [-0.05, 0) is 68.4 Å². The zero-order chi connectivity index (χ0) is 31.3. The summed E-state index contributed by atoms with van der Waals surface area (Å²) in [6, 6.07) is 6.93. The third-order valence-electron chi connectivity index (χ3n) is 9.55. The molecule has 2 aromatic heterocycles. The number of nitrogens with zero attached hydrogens (tertiary/aromatic N) is 4. The maximum absolute atomic E-state index is 13.6. The molecule has 2 fully saturated rings. The van der Waals surface area contributed by atoms with Crippen LogP contribution in [0.4, 0.5) is 4.79 Å². The van der Waals surface area contributed by atoms with E-state index < -0.39 is 17.7 Å². The summed E-state index contributed by atoms with van der Waals surface area (Å²) < 4.78 is 12.4. The van der Waals surface area contributed by atoms with Crippen molar-refractivity contribution in [1.29, 1.82) is 0 Å². The van der Waals surface area contributed by atoms with E-state index in [2.05, 4.69) is 5.06 Å². The maximum Gasteiger partial charge on any atom is 0.533 e. The lowest BCUT2D eigenvalue weighted by Gasteiger charge is -2.34. The van der Waals surface area contributed by atoms with Gasteiger partial charge in [0.25, 0.3) is 5.56 Å². The Kier molecular flexibility index (Phi) is 7.84. The zero-order valence-electron chi connectivity index (χ0n) is 25.7. The summed E-state index contributed by atoms with van der Waals surface area (Å²) in [5, 5.41) is 15.7. The number of aryl methyl sites for hydroxylation is 1. The van der Waals surface area contributed by atoms with Crippen LogP contribution in [0.1, 0.15) is 74.6 Å². The Morgan fingerprint density at radius 1 is 1.04 bits per heavy atom. The number of carbonyl (C=O) groups is 2. The van der Waals surface area contributed by atoms with Gasteiger partial charge in [0.15, 0.2) is 5.60 Å². The van der Waals surface area contributed by atoms with E-state index >= 15 is 0 Å². The Morgan fingerprint density at radius 2 is 1.82 bits per heavy atom. The van der Waals surface area contributed by atoms with Crippen LogP contribution in [0.2, 0.25) is 0 Å². The number of aromatic nitrogens is 2. The molecule has 1 aromatic carbocycles. The van der Waals surface area contributed by atoms with Gasteiger partial charge in [0.05, 0.1) is 35.1 Å². The first-order chi connectivity index (χ1) is 21.8. The van der Waals surface area contributed by atoms with Crippen molar-refractivity contribution in [3.8, 4) is 17.1 Å². The van der Waals surface area contributed by atoms with E-state index in [9.17, 15) is 19.5 Å². The summed E-state index contributed by atoms with van der Waals surface area (Å²) in [7, 11) is 0. The third kappa shape index (κ3) is 5.29. The number of aliphatic hydroxyl groups is 1. The predicted octanol–water partition coefficient (Wildman–Crippen LogP) is 3.95. The minimum Gasteiger partial charge on any atom is -0.458 e. The highest BCUT2D eigenvalue weighted by molar-refractivity contribution is 5.90. The third-order valence-corrected chi connectivity index (χ3v) is 9.55. The van der Waals surface area contributed by atoms with Gasteiger partial charge in [-0.25, -0.2) is 14.6 Å². The van der Waals surface area contributed by atoms with E-state index in [1.807, 2.05) is 6.92 Å². The lowest BCUT2D eigenvalue weighted by Crippen LogP contribution is -2.44. The van der Waals surface area contributed by atoms with E-state index in [-0.39, 0.29) is 35.8 Å². The van der Waals surface area contributed by atoms with Crippen LogP contribution in [-0.4, -0.2) is 69.2 Å². The van der Waals surface area contributed by atoms with Crippen LogP contribution in [0.25, 0.3) is 22.3 Å². The minimum atomic E-state index is -1.88. The molecule has 0 spiro atoms. The lowest BCUT2D eigenvalue weighted by atomic mass is 9.86.